The number of hydrogen-bond acceptors (Lipinski definition) is 10. The number of anilines is 4. The molecule has 8 aromatic rings. The summed E-state index contributed by atoms with van der Waals surface area (Å²) >= 11 is 0. The average Bonchev–Trinajstić information content (AvgIpc) is 3.35. The molecule has 368 valence electrons. The van der Waals surface area contributed by atoms with Gasteiger partial charge < -0.3 is 50.4 Å². The smallest absolute Gasteiger partial charge is 0.170 e. The molecule has 0 amide bonds. The Kier molecular flexibility index (Phi) is 14.0. The van der Waals surface area contributed by atoms with E-state index in [-0.39, 0.29) is 22.3 Å². The van der Waals surface area contributed by atoms with E-state index in [0.717, 1.165) is 67.3 Å². The normalized spacial score (nSPS) is 13.2. The van der Waals surface area contributed by atoms with Crippen LogP contribution in [0.25, 0.3) is 0 Å². The molecule has 0 radical (unpaired) electrons. The van der Waals surface area contributed by atoms with Gasteiger partial charge in [0.15, 0.2) is 46.0 Å². The molecule has 8 aromatic carbocycles. The van der Waals surface area contributed by atoms with Crippen LogP contribution in [0.15, 0.2) is 158 Å². The number of benzene rings is 8. The van der Waals surface area contributed by atoms with Crippen molar-refractivity contribution in [2.75, 3.05) is 21.3 Å². The maximum absolute atomic E-state index is 11.8. The highest BCUT2D eigenvalue weighted by atomic mass is 16.5. The van der Waals surface area contributed by atoms with Crippen LogP contribution in [0.2, 0.25) is 0 Å². The Morgan fingerprint density at radius 3 is 0.875 bits per heavy atom. The van der Waals surface area contributed by atoms with Crippen molar-refractivity contribution in [3.8, 4) is 57.5 Å². The third-order valence-electron chi connectivity index (χ3n) is 12.7. The van der Waals surface area contributed by atoms with Crippen molar-refractivity contribution in [3.63, 3.8) is 0 Å². The molecule has 0 aliphatic carbocycles. The lowest BCUT2D eigenvalue weighted by Gasteiger charge is -2.23. The second kappa shape index (κ2) is 20.6. The Labute approximate surface area is 423 Å². The second-order valence-corrected chi connectivity index (χ2v) is 20.5. The molecule has 6 N–H and O–H groups in total. The first-order valence-electron chi connectivity index (χ1n) is 24.5. The average molecular weight is 961 g/mol. The Morgan fingerprint density at radius 1 is 0.333 bits per heavy atom. The number of ether oxygens (including phenoxy) is 4. The van der Waals surface area contributed by atoms with Gasteiger partial charge in [-0.05, 0) is 109 Å². The predicted molar refractivity (Wildman–Crippen MR) is 291 cm³/mol. The lowest BCUT2D eigenvalue weighted by molar-refractivity contribution is 0.418. The summed E-state index contributed by atoms with van der Waals surface area (Å²) in [5.41, 5.74) is 9.74. The van der Waals surface area contributed by atoms with Gasteiger partial charge in [0.2, 0.25) is 0 Å². The Hall–Kier alpha value is -8.24. The maximum Gasteiger partial charge on any atom is 0.170 e. The lowest BCUT2D eigenvalue weighted by atomic mass is 9.87. The van der Waals surface area contributed by atoms with Gasteiger partial charge in [-0.25, -0.2) is 0 Å². The van der Waals surface area contributed by atoms with Crippen LogP contribution in [-0.2, 0) is 37.0 Å². The highest BCUT2D eigenvalue weighted by Gasteiger charge is 2.22. The molecule has 0 atom stereocenters. The van der Waals surface area contributed by atoms with Crippen molar-refractivity contribution in [3.05, 3.63) is 202 Å². The van der Waals surface area contributed by atoms with Gasteiger partial charge in [0.05, 0.1) is 22.7 Å². The van der Waals surface area contributed by atoms with E-state index in [4.69, 9.17) is 18.9 Å². The molecule has 1 aliphatic heterocycles. The molecule has 9 rings (SSSR count). The molecule has 0 fully saturated rings. The third-order valence-corrected chi connectivity index (χ3v) is 12.7. The number of nitrogens with one attached hydrogen (secondary N) is 4. The fourth-order valence-electron chi connectivity index (χ4n) is 8.73. The molecule has 1 aliphatic rings. The van der Waals surface area contributed by atoms with E-state index in [1.807, 2.05) is 159 Å². The molecule has 0 saturated carbocycles. The van der Waals surface area contributed by atoms with Gasteiger partial charge in [-0.3, -0.25) is 0 Å². The predicted octanol–water partition coefficient (Wildman–Crippen LogP) is 16.2. The minimum absolute atomic E-state index is 0.170. The van der Waals surface area contributed by atoms with Crippen LogP contribution in [0.5, 0.6) is 57.5 Å². The summed E-state index contributed by atoms with van der Waals surface area (Å²) in [5, 5.41) is 37.9. The number of aromatic hydroxyl groups is 2. The third kappa shape index (κ3) is 11.3. The topological polar surface area (TPSA) is 126 Å². The first kappa shape index (κ1) is 48.8. The Morgan fingerprint density at radius 2 is 0.597 bits per heavy atom. The van der Waals surface area contributed by atoms with Crippen LogP contribution < -0.4 is 40.2 Å². The number of phenolic OH excluding ortho intramolecular Hbond substituents is 2. The minimum atomic E-state index is -0.170. The van der Waals surface area contributed by atoms with Gasteiger partial charge >= 0.3 is 0 Å². The van der Waals surface area contributed by atoms with Gasteiger partial charge in [0.1, 0.15) is 11.5 Å². The summed E-state index contributed by atoms with van der Waals surface area (Å²) in [6, 6.07) is 51.2. The highest BCUT2D eigenvalue weighted by Crippen LogP contribution is 2.45. The van der Waals surface area contributed by atoms with Crippen LogP contribution in [0.1, 0.15) is 86.1 Å². The van der Waals surface area contributed by atoms with Crippen molar-refractivity contribution in [1.82, 2.24) is 0 Å². The van der Waals surface area contributed by atoms with Gasteiger partial charge in [-0.1, -0.05) is 138 Å². The second-order valence-electron chi connectivity index (χ2n) is 20.5. The Balaban J connectivity index is 1.11. The number of rotatable bonds is 0. The molecule has 0 unspecified atom stereocenters. The fraction of sp³-hybridized carbons (Fsp3) is 0.226. The van der Waals surface area contributed by atoms with Crippen LogP contribution in [-0.4, -0.2) is 10.2 Å². The molecular weight excluding hydrogens is 897 g/mol. The SMILES string of the molecule is Cc1cc2c(O)c(c1)CNc1ccccc1Oc1cc(C(C)(C)C)ccc1Oc1ccccc1NCc1cc(C)cc(c1O)CNc1ccccc1Oc1cc(C(C)(C)C)ccc1Oc1ccccc1NC2. The molecule has 72 heavy (non-hydrogen) atoms. The van der Waals surface area contributed by atoms with Crippen molar-refractivity contribution in [1.29, 1.82) is 0 Å². The maximum atomic E-state index is 11.8. The van der Waals surface area contributed by atoms with E-state index >= 15 is 0 Å². The first-order chi connectivity index (χ1) is 34.6. The van der Waals surface area contributed by atoms with E-state index in [0.29, 0.717) is 72.2 Å². The number of para-hydroxylation sites is 8. The molecule has 0 saturated heterocycles. The van der Waals surface area contributed by atoms with E-state index < -0.39 is 0 Å². The molecule has 10 nitrogen and oxygen atoms in total. The zero-order valence-corrected chi connectivity index (χ0v) is 42.4. The molecule has 0 aromatic heterocycles. The zero-order valence-electron chi connectivity index (χ0n) is 42.4. The van der Waals surface area contributed by atoms with Crippen molar-refractivity contribution >= 4 is 22.7 Å². The van der Waals surface area contributed by atoms with Crippen LogP contribution in [0.3, 0.4) is 0 Å². The van der Waals surface area contributed by atoms with Crippen LogP contribution in [0, 0.1) is 13.8 Å². The highest BCUT2D eigenvalue weighted by molar-refractivity contribution is 5.65. The summed E-state index contributed by atoms with van der Waals surface area (Å²) in [7, 11) is 0. The summed E-state index contributed by atoms with van der Waals surface area (Å²) in [4.78, 5) is 0. The summed E-state index contributed by atoms with van der Waals surface area (Å²) in [5.74, 6) is 4.89. The summed E-state index contributed by atoms with van der Waals surface area (Å²) < 4.78 is 27.1. The quantitative estimate of drug-likeness (QED) is 0.0875. The summed E-state index contributed by atoms with van der Waals surface area (Å²) in [6.07, 6.45) is 0. The molecular formula is C62H64N4O6. The number of fused-ring (bicyclic) bond motifs is 10. The van der Waals surface area contributed by atoms with E-state index in [2.05, 4.69) is 74.9 Å². The number of aryl methyl sites for hydroxylation is 2. The van der Waals surface area contributed by atoms with Crippen LogP contribution in [0.4, 0.5) is 22.7 Å². The van der Waals surface area contributed by atoms with Gasteiger partial charge in [-0.15, -0.1) is 0 Å². The van der Waals surface area contributed by atoms with Gasteiger partial charge in [0, 0.05) is 48.4 Å². The first-order valence-corrected chi connectivity index (χ1v) is 24.5. The van der Waals surface area contributed by atoms with Gasteiger partial charge in [0.25, 0.3) is 0 Å². The largest absolute Gasteiger partial charge is 0.507 e. The molecule has 4 bridgehead atoms. The fourth-order valence-corrected chi connectivity index (χ4v) is 8.73. The van der Waals surface area contributed by atoms with E-state index in [9.17, 15) is 10.2 Å². The molecule has 1 heterocycles. The minimum Gasteiger partial charge on any atom is -0.507 e. The lowest BCUT2D eigenvalue weighted by Crippen LogP contribution is -2.11. The van der Waals surface area contributed by atoms with Crippen molar-refractivity contribution in [2.24, 2.45) is 0 Å². The number of hydrogen-bond donors (Lipinski definition) is 6. The van der Waals surface area contributed by atoms with Crippen molar-refractivity contribution in [2.45, 2.75) is 92.4 Å². The number of phenols is 2. The molecule has 10 heteroatoms. The molecule has 0 spiro atoms. The van der Waals surface area contributed by atoms with Gasteiger partial charge in [-0.2, -0.15) is 0 Å². The van der Waals surface area contributed by atoms with Crippen molar-refractivity contribution < 1.29 is 29.2 Å². The standard InChI is InChI=1S/C62H64N4O6/c1-39-29-41-35-63-47-17-9-13-21-51(47)69-55-27-25-46(62(6,7)8)34-58(55)72-54-24-16-12-20-50(54)66-38-44-32-40(2)30-42(60(44)68)36-64-48-18-10-14-22-52(48)70-56-28-26-45(61(3,4)5)33-57(56)71-53-23-15-11-19-49(53)65-37-43(31-39)59(41)67/h9-34,63-68H,35-38H2,1-8H3. The monoisotopic (exact) mass is 960 g/mol. The van der Waals surface area contributed by atoms with E-state index in [1.54, 1.807) is 0 Å². The van der Waals surface area contributed by atoms with Crippen LogP contribution >= 0.6 is 0 Å². The zero-order chi connectivity index (χ0) is 50.6. The van der Waals surface area contributed by atoms with E-state index in [1.165, 1.54) is 0 Å². The Bertz CT molecular complexity index is 3030. The summed E-state index contributed by atoms with van der Waals surface area (Å²) in [6.45, 7) is 18.4.